The van der Waals surface area contributed by atoms with Crippen molar-refractivity contribution in [3.8, 4) is 0 Å². The van der Waals surface area contributed by atoms with Gasteiger partial charge in [-0.1, -0.05) is 60.7 Å². The van der Waals surface area contributed by atoms with E-state index in [1.54, 1.807) is 0 Å². The van der Waals surface area contributed by atoms with Gasteiger partial charge in [0.05, 0.1) is 6.04 Å². The van der Waals surface area contributed by atoms with Crippen LogP contribution in [0.2, 0.25) is 0 Å². The molecule has 5 nitrogen and oxygen atoms in total. The Hall–Kier alpha value is -3.28. The molecule has 2 heterocycles. The number of hydrogen-bond acceptors (Lipinski definition) is 4. The molecule has 0 spiro atoms. The summed E-state index contributed by atoms with van der Waals surface area (Å²) in [5.41, 5.74) is 4.25. The van der Waals surface area contributed by atoms with E-state index in [1.165, 1.54) is 11.1 Å². The minimum Gasteiger partial charge on any atom is -0.303 e. The van der Waals surface area contributed by atoms with Crippen molar-refractivity contribution in [1.29, 1.82) is 0 Å². The van der Waals surface area contributed by atoms with Crippen LogP contribution in [0.25, 0.3) is 0 Å². The summed E-state index contributed by atoms with van der Waals surface area (Å²) in [6, 6.07) is 28.0. The highest BCUT2D eigenvalue weighted by molar-refractivity contribution is 6.00. The molecule has 2 aliphatic rings. The topological polar surface area (TPSA) is 43.9 Å². The Morgan fingerprint density at radius 3 is 2.09 bits per heavy atom. The molecule has 5 rings (SSSR count). The molecule has 0 N–H and O–H groups in total. The summed E-state index contributed by atoms with van der Waals surface area (Å²) in [4.78, 5) is 31.7. The van der Waals surface area contributed by atoms with Crippen molar-refractivity contribution in [2.24, 2.45) is 5.92 Å². The number of amides is 1. The van der Waals surface area contributed by atoms with Crippen molar-refractivity contribution in [2.45, 2.75) is 31.8 Å². The molecule has 0 aromatic heterocycles. The fourth-order valence-corrected chi connectivity index (χ4v) is 5.50. The number of nitrogens with zero attached hydrogens (tertiary/aromatic N) is 3. The molecule has 0 aliphatic carbocycles. The number of piperidine rings is 1. The maximum atomic E-state index is 13.3. The largest absolute Gasteiger partial charge is 0.303 e. The third-order valence-electron chi connectivity index (χ3n) is 7.39. The monoisotopic (exact) mass is 467 g/mol. The minimum atomic E-state index is -0.108. The van der Waals surface area contributed by atoms with Crippen molar-refractivity contribution in [2.75, 3.05) is 31.1 Å². The lowest BCUT2D eigenvalue weighted by Gasteiger charge is -2.35. The van der Waals surface area contributed by atoms with Gasteiger partial charge < -0.3 is 9.69 Å². The molecule has 180 valence electrons. The van der Waals surface area contributed by atoms with E-state index in [1.807, 2.05) is 71.6 Å². The van der Waals surface area contributed by atoms with Gasteiger partial charge in [0.25, 0.3) is 0 Å². The summed E-state index contributed by atoms with van der Waals surface area (Å²) >= 11 is 0. The molecule has 3 aromatic rings. The fourth-order valence-electron chi connectivity index (χ4n) is 5.50. The third-order valence-corrected chi connectivity index (χ3v) is 7.39. The standard InChI is InChI=1S/C30H33N3O2/c34-23-29-28-14-8-7-9-25(28)22-32(29)21-24-15-18-31(19-16-24)20-17-30(35)33(26-10-3-1-4-11-26)27-12-5-2-6-13-27/h1-14,23-24,29H,15-22H2. The summed E-state index contributed by atoms with van der Waals surface area (Å²) in [7, 11) is 0. The van der Waals surface area contributed by atoms with Gasteiger partial charge in [-0.3, -0.25) is 14.6 Å². The molecule has 1 unspecified atom stereocenters. The fraction of sp³-hybridized carbons (Fsp3) is 0.333. The zero-order valence-corrected chi connectivity index (χ0v) is 20.1. The van der Waals surface area contributed by atoms with Crippen molar-refractivity contribution in [3.05, 3.63) is 96.1 Å². The van der Waals surface area contributed by atoms with Crippen LogP contribution in [-0.2, 0) is 16.1 Å². The summed E-state index contributed by atoms with van der Waals surface area (Å²) < 4.78 is 0. The quantitative estimate of drug-likeness (QED) is 0.427. The summed E-state index contributed by atoms with van der Waals surface area (Å²) in [6.07, 6.45) is 3.79. The third kappa shape index (κ3) is 5.37. The van der Waals surface area contributed by atoms with Crippen LogP contribution < -0.4 is 4.90 Å². The van der Waals surface area contributed by atoms with Gasteiger partial charge in [0, 0.05) is 37.4 Å². The lowest BCUT2D eigenvalue weighted by atomic mass is 9.95. The number of benzene rings is 3. The number of rotatable bonds is 8. The van der Waals surface area contributed by atoms with E-state index in [4.69, 9.17) is 0 Å². The van der Waals surface area contributed by atoms with Crippen molar-refractivity contribution < 1.29 is 9.59 Å². The van der Waals surface area contributed by atoms with E-state index >= 15 is 0 Å². The number of aldehydes is 1. The summed E-state index contributed by atoms with van der Waals surface area (Å²) in [6.45, 7) is 4.60. The Labute approximate surface area is 208 Å². The normalized spacial score (nSPS) is 18.8. The van der Waals surface area contributed by atoms with Gasteiger partial charge in [-0.25, -0.2) is 0 Å². The molecule has 1 amide bonds. The smallest absolute Gasteiger partial charge is 0.232 e. The van der Waals surface area contributed by atoms with Gasteiger partial charge in [0.2, 0.25) is 5.91 Å². The van der Waals surface area contributed by atoms with Crippen molar-refractivity contribution >= 4 is 23.6 Å². The van der Waals surface area contributed by atoms with Crippen molar-refractivity contribution in [1.82, 2.24) is 9.80 Å². The van der Waals surface area contributed by atoms with Gasteiger partial charge in [-0.05, 0) is 67.2 Å². The Balaban J connectivity index is 1.14. The highest BCUT2D eigenvalue weighted by Gasteiger charge is 2.32. The maximum absolute atomic E-state index is 13.3. The Kier molecular flexibility index (Phi) is 7.36. The lowest BCUT2D eigenvalue weighted by molar-refractivity contribution is -0.118. The zero-order valence-electron chi connectivity index (χ0n) is 20.1. The van der Waals surface area contributed by atoms with Crippen LogP contribution in [0.4, 0.5) is 11.4 Å². The highest BCUT2D eigenvalue weighted by Crippen LogP contribution is 2.34. The Morgan fingerprint density at radius 1 is 0.857 bits per heavy atom. The molecule has 1 atom stereocenters. The van der Waals surface area contributed by atoms with Gasteiger partial charge in [-0.15, -0.1) is 0 Å². The van der Waals surface area contributed by atoms with Gasteiger partial charge >= 0.3 is 0 Å². The minimum absolute atomic E-state index is 0.108. The van der Waals surface area contributed by atoms with E-state index in [2.05, 4.69) is 28.0 Å². The number of fused-ring (bicyclic) bond motifs is 1. The molecule has 0 bridgehead atoms. The zero-order chi connectivity index (χ0) is 24.0. The summed E-state index contributed by atoms with van der Waals surface area (Å²) in [5, 5.41) is 0. The number of carbonyl (C=O) groups excluding carboxylic acids is 2. The van der Waals surface area contributed by atoms with E-state index in [-0.39, 0.29) is 11.9 Å². The van der Waals surface area contributed by atoms with E-state index in [0.717, 1.165) is 63.2 Å². The van der Waals surface area contributed by atoms with Crippen LogP contribution in [0.5, 0.6) is 0 Å². The first kappa shape index (κ1) is 23.5. The van der Waals surface area contributed by atoms with Gasteiger partial charge in [0.1, 0.15) is 6.29 Å². The number of carbonyl (C=O) groups is 2. The van der Waals surface area contributed by atoms with Crippen LogP contribution in [0.1, 0.15) is 36.4 Å². The second-order valence-electron chi connectivity index (χ2n) is 9.64. The van der Waals surface area contributed by atoms with E-state index in [9.17, 15) is 9.59 Å². The second kappa shape index (κ2) is 11.0. The average molecular weight is 468 g/mol. The molecule has 0 saturated carbocycles. The number of likely N-dealkylation sites (tertiary alicyclic amines) is 1. The first-order chi connectivity index (χ1) is 17.2. The predicted octanol–water partition coefficient (Wildman–Crippen LogP) is 5.21. The second-order valence-corrected chi connectivity index (χ2v) is 9.64. The van der Waals surface area contributed by atoms with Crippen LogP contribution >= 0.6 is 0 Å². The maximum Gasteiger partial charge on any atom is 0.232 e. The highest BCUT2D eigenvalue weighted by atomic mass is 16.2. The van der Waals surface area contributed by atoms with Crippen LogP contribution in [0.3, 0.4) is 0 Å². The summed E-state index contributed by atoms with van der Waals surface area (Å²) in [5.74, 6) is 0.706. The molecule has 5 heteroatoms. The van der Waals surface area contributed by atoms with Crippen molar-refractivity contribution in [3.63, 3.8) is 0 Å². The molecule has 2 aliphatic heterocycles. The molecule has 35 heavy (non-hydrogen) atoms. The predicted molar refractivity (Wildman–Crippen MR) is 139 cm³/mol. The SMILES string of the molecule is O=CC1c2ccccc2CN1CC1CCN(CCC(=O)N(c2ccccc2)c2ccccc2)CC1. The average Bonchev–Trinajstić information content (AvgIpc) is 3.26. The van der Waals surface area contributed by atoms with Crippen LogP contribution in [0, 0.1) is 5.92 Å². The molecule has 1 saturated heterocycles. The molecular formula is C30H33N3O2. The van der Waals surface area contributed by atoms with Crippen LogP contribution in [0.15, 0.2) is 84.9 Å². The Bertz CT molecular complexity index is 1090. The Morgan fingerprint density at radius 2 is 1.46 bits per heavy atom. The first-order valence-electron chi connectivity index (χ1n) is 12.7. The molecule has 0 radical (unpaired) electrons. The molecule has 3 aromatic carbocycles. The number of anilines is 2. The lowest BCUT2D eigenvalue weighted by Crippen LogP contribution is -2.40. The molecular weight excluding hydrogens is 434 g/mol. The number of hydrogen-bond donors (Lipinski definition) is 0. The molecule has 1 fully saturated rings. The first-order valence-corrected chi connectivity index (χ1v) is 12.7. The van der Waals surface area contributed by atoms with E-state index < -0.39 is 0 Å². The van der Waals surface area contributed by atoms with Crippen LogP contribution in [-0.4, -0.2) is 48.2 Å². The number of para-hydroxylation sites is 2. The van der Waals surface area contributed by atoms with Gasteiger partial charge in [0.15, 0.2) is 0 Å². The van der Waals surface area contributed by atoms with Gasteiger partial charge in [-0.2, -0.15) is 0 Å². The van der Waals surface area contributed by atoms with E-state index in [0.29, 0.717) is 12.3 Å².